The number of carbonyl (C=O) groups excluding carboxylic acids is 2. The molecule has 0 aliphatic heterocycles. The van der Waals surface area contributed by atoms with Gasteiger partial charge in [0, 0.05) is 36.6 Å². The molecule has 150 valence electrons. The fourth-order valence-electron chi connectivity index (χ4n) is 2.86. The average Bonchev–Trinajstić information content (AvgIpc) is 3.26. The van der Waals surface area contributed by atoms with E-state index in [2.05, 4.69) is 15.7 Å². The van der Waals surface area contributed by atoms with E-state index in [1.165, 1.54) is 0 Å². The summed E-state index contributed by atoms with van der Waals surface area (Å²) in [5.41, 5.74) is 2.32. The second-order valence-electron chi connectivity index (χ2n) is 6.50. The van der Waals surface area contributed by atoms with Crippen LogP contribution in [0.1, 0.15) is 28.8 Å². The van der Waals surface area contributed by atoms with Gasteiger partial charge in [-0.2, -0.15) is 5.10 Å². The minimum atomic E-state index is -0.169. The monoisotopic (exact) mass is 392 g/mol. The summed E-state index contributed by atoms with van der Waals surface area (Å²) in [6.07, 6.45) is 4.47. The van der Waals surface area contributed by atoms with E-state index in [9.17, 15) is 9.59 Å². The Hall–Kier alpha value is -3.61. The Morgan fingerprint density at radius 3 is 2.59 bits per heavy atom. The number of hydrogen-bond donors (Lipinski definition) is 2. The molecular weight excluding hydrogens is 368 g/mol. The van der Waals surface area contributed by atoms with Gasteiger partial charge in [0.2, 0.25) is 5.91 Å². The third kappa shape index (κ3) is 5.93. The zero-order valence-electron chi connectivity index (χ0n) is 16.3. The van der Waals surface area contributed by atoms with Crippen LogP contribution in [0.25, 0.3) is 0 Å². The first-order valence-electron chi connectivity index (χ1n) is 9.43. The number of nitrogens with zero attached hydrogens (tertiary/aromatic N) is 2. The molecule has 0 aliphatic rings. The maximum absolute atomic E-state index is 12.3. The van der Waals surface area contributed by atoms with Gasteiger partial charge in [-0.05, 0) is 48.4 Å². The number of anilines is 1. The van der Waals surface area contributed by atoms with Gasteiger partial charge in [0.25, 0.3) is 5.91 Å². The van der Waals surface area contributed by atoms with Gasteiger partial charge in [0.05, 0.1) is 13.7 Å². The molecule has 0 spiro atoms. The predicted octanol–water partition coefficient (Wildman–Crippen LogP) is 3.09. The quantitative estimate of drug-likeness (QED) is 0.548. The highest BCUT2D eigenvalue weighted by Crippen LogP contribution is 2.16. The molecule has 0 bridgehead atoms. The van der Waals surface area contributed by atoms with E-state index in [0.29, 0.717) is 37.2 Å². The number of nitrogens with one attached hydrogen (secondary N) is 2. The van der Waals surface area contributed by atoms with Crippen molar-refractivity contribution < 1.29 is 14.3 Å². The Labute approximate surface area is 169 Å². The summed E-state index contributed by atoms with van der Waals surface area (Å²) in [7, 11) is 1.58. The summed E-state index contributed by atoms with van der Waals surface area (Å²) in [4.78, 5) is 24.4. The molecule has 1 heterocycles. The molecule has 29 heavy (non-hydrogen) atoms. The molecule has 0 saturated heterocycles. The van der Waals surface area contributed by atoms with Crippen LogP contribution >= 0.6 is 0 Å². The highest BCUT2D eigenvalue weighted by Gasteiger charge is 2.09. The molecule has 0 saturated carbocycles. The summed E-state index contributed by atoms with van der Waals surface area (Å²) in [5, 5.41) is 9.97. The summed E-state index contributed by atoms with van der Waals surface area (Å²) in [6, 6.07) is 16.4. The van der Waals surface area contributed by atoms with Crippen LogP contribution in [0.15, 0.2) is 67.0 Å². The fraction of sp³-hybridized carbons (Fsp3) is 0.227. The molecule has 7 heteroatoms. The average molecular weight is 392 g/mol. The number of ether oxygens (including phenoxy) is 1. The Morgan fingerprint density at radius 1 is 1.07 bits per heavy atom. The van der Waals surface area contributed by atoms with Crippen molar-refractivity contribution in [3.05, 3.63) is 78.1 Å². The maximum atomic E-state index is 12.3. The molecule has 2 N–H and O–H groups in total. The molecule has 0 aliphatic carbocycles. The van der Waals surface area contributed by atoms with Crippen molar-refractivity contribution in [2.24, 2.45) is 0 Å². The maximum Gasteiger partial charge on any atom is 0.251 e. The van der Waals surface area contributed by atoms with Gasteiger partial charge in [0.15, 0.2) is 0 Å². The first kappa shape index (κ1) is 20.1. The molecule has 2 amide bonds. The Bertz CT molecular complexity index is 937. The van der Waals surface area contributed by atoms with Gasteiger partial charge in [-0.15, -0.1) is 0 Å². The summed E-state index contributed by atoms with van der Waals surface area (Å²) >= 11 is 0. The van der Waals surface area contributed by atoms with E-state index in [-0.39, 0.29) is 11.8 Å². The molecule has 3 aromatic rings. The third-order valence-electron chi connectivity index (χ3n) is 4.40. The molecule has 0 atom stereocenters. The number of methoxy groups -OCH3 is 1. The lowest BCUT2D eigenvalue weighted by molar-refractivity contribution is -0.116. The SMILES string of the molecule is COc1ccc(C(=O)NCCCC(=O)Nc2ccccc2Cn2cccn2)cc1. The number of benzene rings is 2. The Kier molecular flexibility index (Phi) is 7.00. The second-order valence-corrected chi connectivity index (χ2v) is 6.50. The normalized spacial score (nSPS) is 10.4. The van der Waals surface area contributed by atoms with Crippen LogP contribution in [0.3, 0.4) is 0 Å². The van der Waals surface area contributed by atoms with Gasteiger partial charge >= 0.3 is 0 Å². The molecule has 3 rings (SSSR count). The van der Waals surface area contributed by atoms with Crippen LogP contribution in [-0.4, -0.2) is 35.2 Å². The van der Waals surface area contributed by atoms with Crippen molar-refractivity contribution in [3.63, 3.8) is 0 Å². The van der Waals surface area contributed by atoms with Crippen LogP contribution < -0.4 is 15.4 Å². The Balaban J connectivity index is 1.44. The number of amides is 2. The van der Waals surface area contributed by atoms with E-state index in [1.54, 1.807) is 42.3 Å². The molecule has 7 nitrogen and oxygen atoms in total. The molecule has 1 aromatic heterocycles. The lowest BCUT2D eigenvalue weighted by Crippen LogP contribution is -2.25. The van der Waals surface area contributed by atoms with E-state index < -0.39 is 0 Å². The lowest BCUT2D eigenvalue weighted by Gasteiger charge is -2.11. The topological polar surface area (TPSA) is 85.2 Å². The molecule has 0 fully saturated rings. The summed E-state index contributed by atoms with van der Waals surface area (Å²) in [5.74, 6) is 0.445. The zero-order chi connectivity index (χ0) is 20.5. The highest BCUT2D eigenvalue weighted by molar-refractivity contribution is 5.94. The van der Waals surface area contributed by atoms with Gasteiger partial charge in [-0.1, -0.05) is 18.2 Å². The minimum absolute atomic E-state index is 0.0865. The zero-order valence-corrected chi connectivity index (χ0v) is 16.3. The van der Waals surface area contributed by atoms with Crippen LogP contribution in [0.5, 0.6) is 5.75 Å². The summed E-state index contributed by atoms with van der Waals surface area (Å²) < 4.78 is 6.88. The van der Waals surface area contributed by atoms with E-state index >= 15 is 0 Å². The summed E-state index contributed by atoms with van der Waals surface area (Å²) in [6.45, 7) is 1.01. The smallest absolute Gasteiger partial charge is 0.251 e. The number of hydrogen-bond acceptors (Lipinski definition) is 4. The van der Waals surface area contributed by atoms with Crippen molar-refractivity contribution in [3.8, 4) is 5.75 Å². The number of aromatic nitrogens is 2. The van der Waals surface area contributed by atoms with Crippen molar-refractivity contribution in [2.45, 2.75) is 19.4 Å². The first-order chi connectivity index (χ1) is 14.2. The van der Waals surface area contributed by atoms with Crippen LogP contribution in [0.2, 0.25) is 0 Å². The predicted molar refractivity (Wildman–Crippen MR) is 111 cm³/mol. The fourth-order valence-corrected chi connectivity index (χ4v) is 2.86. The van der Waals surface area contributed by atoms with Gasteiger partial charge in [-0.3, -0.25) is 14.3 Å². The Morgan fingerprint density at radius 2 is 1.86 bits per heavy atom. The van der Waals surface area contributed by atoms with Gasteiger partial charge in [0.1, 0.15) is 5.75 Å². The van der Waals surface area contributed by atoms with Crippen molar-refractivity contribution in [2.75, 3.05) is 19.0 Å². The van der Waals surface area contributed by atoms with Crippen LogP contribution in [-0.2, 0) is 11.3 Å². The molecular formula is C22H24N4O3. The molecule has 0 unspecified atom stereocenters. The highest BCUT2D eigenvalue weighted by atomic mass is 16.5. The lowest BCUT2D eigenvalue weighted by atomic mass is 10.1. The first-order valence-corrected chi connectivity index (χ1v) is 9.43. The van der Waals surface area contributed by atoms with Crippen molar-refractivity contribution in [1.29, 1.82) is 0 Å². The van der Waals surface area contributed by atoms with E-state index in [4.69, 9.17) is 4.74 Å². The van der Waals surface area contributed by atoms with Crippen molar-refractivity contribution in [1.82, 2.24) is 15.1 Å². The van der Waals surface area contributed by atoms with E-state index in [1.807, 2.05) is 36.5 Å². The van der Waals surface area contributed by atoms with Crippen molar-refractivity contribution >= 4 is 17.5 Å². The number of para-hydroxylation sites is 1. The van der Waals surface area contributed by atoms with Gasteiger partial charge < -0.3 is 15.4 Å². The third-order valence-corrected chi connectivity index (χ3v) is 4.40. The van der Waals surface area contributed by atoms with E-state index in [0.717, 1.165) is 11.3 Å². The van der Waals surface area contributed by atoms with Crippen LogP contribution in [0, 0.1) is 0 Å². The largest absolute Gasteiger partial charge is 0.497 e. The molecule has 0 radical (unpaired) electrons. The van der Waals surface area contributed by atoms with Gasteiger partial charge in [-0.25, -0.2) is 0 Å². The minimum Gasteiger partial charge on any atom is -0.497 e. The second kappa shape index (κ2) is 10.1. The number of carbonyl (C=O) groups is 2. The number of rotatable bonds is 9. The van der Waals surface area contributed by atoms with Crippen LogP contribution in [0.4, 0.5) is 5.69 Å². The molecule has 2 aromatic carbocycles. The standard InChI is InChI=1S/C22H24N4O3/c1-29-19-11-9-17(10-12-19)22(28)23-13-4-8-21(27)25-20-7-3-2-6-18(20)16-26-15-5-14-24-26/h2-3,5-7,9-12,14-15H,4,8,13,16H2,1H3,(H,23,28)(H,25,27).